The minimum Gasteiger partial charge on any atom is -0.379 e. The van der Waals surface area contributed by atoms with Gasteiger partial charge in [-0.25, -0.2) is 4.79 Å². The fourth-order valence-electron chi connectivity index (χ4n) is 1.80. The molecule has 0 fully saturated rings. The quantitative estimate of drug-likeness (QED) is 0.591. The summed E-state index contributed by atoms with van der Waals surface area (Å²) in [5, 5.41) is 2.90. The lowest BCUT2D eigenvalue weighted by Gasteiger charge is -2.18. The summed E-state index contributed by atoms with van der Waals surface area (Å²) < 4.78 is 5.43. The second-order valence-corrected chi connectivity index (χ2v) is 6.09. The van der Waals surface area contributed by atoms with E-state index in [1.54, 1.807) is 16.7 Å². The van der Waals surface area contributed by atoms with Gasteiger partial charge in [0.1, 0.15) is 0 Å². The van der Waals surface area contributed by atoms with Crippen LogP contribution in [0.2, 0.25) is 0 Å². The zero-order valence-corrected chi connectivity index (χ0v) is 14.2. The van der Waals surface area contributed by atoms with Gasteiger partial charge in [-0.05, 0) is 44.2 Å². The molecule has 118 valence electrons. The Kier molecular flexibility index (Phi) is 8.23. The topological polar surface area (TPSA) is 41.6 Å². The second kappa shape index (κ2) is 9.68. The molecule has 1 N–H and O–H groups in total. The Morgan fingerprint density at radius 1 is 1.33 bits per heavy atom. The molecule has 1 aromatic carbocycles. The van der Waals surface area contributed by atoms with Gasteiger partial charge in [0.25, 0.3) is 0 Å². The van der Waals surface area contributed by atoms with E-state index >= 15 is 0 Å². The molecule has 0 bridgehead atoms. The van der Waals surface area contributed by atoms with Crippen LogP contribution in [-0.4, -0.2) is 43.5 Å². The molecule has 0 unspecified atom stereocenters. The predicted molar refractivity (Wildman–Crippen MR) is 88.8 cm³/mol. The molecule has 4 nitrogen and oxygen atoms in total. The minimum absolute atomic E-state index is 0.0477. The zero-order chi connectivity index (χ0) is 15.7. The van der Waals surface area contributed by atoms with Gasteiger partial charge < -0.3 is 15.0 Å². The van der Waals surface area contributed by atoms with Gasteiger partial charge in [-0.3, -0.25) is 0 Å². The van der Waals surface area contributed by atoms with Crippen LogP contribution in [0, 0.1) is 0 Å². The number of hydrogen-bond acceptors (Lipinski definition) is 3. The molecule has 0 aromatic heterocycles. The normalized spacial score (nSPS) is 10.7. The molecule has 0 heterocycles. The molecule has 2 amide bonds. The molecule has 0 atom stereocenters. The van der Waals surface area contributed by atoms with Crippen LogP contribution in [0.15, 0.2) is 29.2 Å². The number of rotatable bonds is 8. The molecule has 0 saturated carbocycles. The highest BCUT2D eigenvalue weighted by molar-refractivity contribution is 7.98. The van der Waals surface area contributed by atoms with Crippen molar-refractivity contribution >= 4 is 17.8 Å². The highest BCUT2D eigenvalue weighted by Gasteiger charge is 2.08. The standard InChI is InChI=1S/C16H26N2O2S/c1-13(2)20-11-5-10-17-16(19)18(3)12-14-6-8-15(21-4)9-7-14/h6-9,13H,5,10-12H2,1-4H3,(H,17,19). The number of carbonyl (C=O) groups is 1. The average Bonchev–Trinajstić information content (AvgIpc) is 2.47. The maximum Gasteiger partial charge on any atom is 0.317 e. The third-order valence-corrected chi connectivity index (χ3v) is 3.72. The fraction of sp³-hybridized carbons (Fsp3) is 0.562. The van der Waals surface area contributed by atoms with Crippen molar-refractivity contribution in [1.29, 1.82) is 0 Å². The van der Waals surface area contributed by atoms with E-state index in [1.165, 1.54) is 4.90 Å². The van der Waals surface area contributed by atoms with Gasteiger partial charge in [0.05, 0.1) is 6.10 Å². The molecule has 0 saturated heterocycles. The van der Waals surface area contributed by atoms with Crippen LogP contribution in [-0.2, 0) is 11.3 Å². The Bertz CT molecular complexity index is 421. The zero-order valence-electron chi connectivity index (χ0n) is 13.4. The van der Waals surface area contributed by atoms with Gasteiger partial charge in [0.15, 0.2) is 0 Å². The lowest BCUT2D eigenvalue weighted by atomic mass is 10.2. The first kappa shape index (κ1) is 17.9. The third kappa shape index (κ3) is 7.39. The van der Waals surface area contributed by atoms with E-state index in [1.807, 2.05) is 20.9 Å². The number of nitrogens with zero attached hydrogens (tertiary/aromatic N) is 1. The summed E-state index contributed by atoms with van der Waals surface area (Å²) in [4.78, 5) is 14.9. The largest absolute Gasteiger partial charge is 0.379 e. The van der Waals surface area contributed by atoms with Crippen LogP contribution in [0.3, 0.4) is 0 Å². The first-order valence-corrected chi connectivity index (χ1v) is 8.49. The minimum atomic E-state index is -0.0477. The van der Waals surface area contributed by atoms with Gasteiger partial charge in [-0.2, -0.15) is 0 Å². The predicted octanol–water partition coefficient (Wildman–Crippen LogP) is 3.37. The van der Waals surface area contributed by atoms with Crippen molar-refractivity contribution in [3.05, 3.63) is 29.8 Å². The summed E-state index contributed by atoms with van der Waals surface area (Å²) in [5.41, 5.74) is 1.13. The molecule has 0 radical (unpaired) electrons. The van der Waals surface area contributed by atoms with Gasteiger partial charge in [-0.1, -0.05) is 12.1 Å². The van der Waals surface area contributed by atoms with Crippen LogP contribution in [0.1, 0.15) is 25.8 Å². The molecular weight excluding hydrogens is 284 g/mol. The monoisotopic (exact) mass is 310 g/mol. The summed E-state index contributed by atoms with van der Waals surface area (Å²) in [7, 11) is 1.81. The van der Waals surface area contributed by atoms with E-state index in [2.05, 4.69) is 35.8 Å². The third-order valence-electron chi connectivity index (χ3n) is 2.97. The Labute approximate surface area is 132 Å². The number of amides is 2. The van der Waals surface area contributed by atoms with Crippen molar-refractivity contribution in [3.8, 4) is 0 Å². The number of carbonyl (C=O) groups excluding carboxylic acids is 1. The molecule has 0 spiro atoms. The first-order valence-electron chi connectivity index (χ1n) is 7.26. The summed E-state index contributed by atoms with van der Waals surface area (Å²) in [6.07, 6.45) is 3.13. The number of hydrogen-bond donors (Lipinski definition) is 1. The highest BCUT2D eigenvalue weighted by atomic mass is 32.2. The maximum absolute atomic E-state index is 11.9. The van der Waals surface area contributed by atoms with Gasteiger partial charge in [0, 0.05) is 31.6 Å². The fourth-order valence-corrected chi connectivity index (χ4v) is 2.21. The Balaban J connectivity index is 2.26. The number of ether oxygens (including phenoxy) is 1. The smallest absolute Gasteiger partial charge is 0.317 e. The van der Waals surface area contributed by atoms with Crippen molar-refractivity contribution in [2.75, 3.05) is 26.5 Å². The van der Waals surface area contributed by atoms with Crippen LogP contribution >= 0.6 is 11.8 Å². The van der Waals surface area contributed by atoms with Crippen molar-refractivity contribution in [2.45, 2.75) is 37.8 Å². The summed E-state index contributed by atoms with van der Waals surface area (Å²) >= 11 is 1.72. The van der Waals surface area contributed by atoms with Crippen molar-refractivity contribution < 1.29 is 9.53 Å². The molecule has 0 aliphatic rings. The van der Waals surface area contributed by atoms with E-state index < -0.39 is 0 Å². The summed E-state index contributed by atoms with van der Waals surface area (Å²) in [6, 6.07) is 8.23. The number of nitrogens with one attached hydrogen (secondary N) is 1. The number of benzene rings is 1. The van der Waals surface area contributed by atoms with Gasteiger partial charge in [-0.15, -0.1) is 11.8 Å². The van der Waals surface area contributed by atoms with E-state index in [4.69, 9.17) is 4.74 Å². The Morgan fingerprint density at radius 3 is 2.57 bits per heavy atom. The van der Waals surface area contributed by atoms with E-state index in [-0.39, 0.29) is 12.1 Å². The maximum atomic E-state index is 11.9. The molecule has 1 rings (SSSR count). The van der Waals surface area contributed by atoms with Crippen LogP contribution in [0.5, 0.6) is 0 Å². The average molecular weight is 310 g/mol. The first-order chi connectivity index (χ1) is 10.0. The molecule has 0 aliphatic carbocycles. The van der Waals surface area contributed by atoms with Gasteiger partial charge >= 0.3 is 6.03 Å². The molecule has 21 heavy (non-hydrogen) atoms. The Hall–Kier alpha value is -1.20. The van der Waals surface area contributed by atoms with Crippen molar-refractivity contribution in [1.82, 2.24) is 10.2 Å². The molecule has 5 heteroatoms. The van der Waals surface area contributed by atoms with Gasteiger partial charge in [0.2, 0.25) is 0 Å². The van der Waals surface area contributed by atoms with Crippen molar-refractivity contribution in [2.24, 2.45) is 0 Å². The summed E-state index contributed by atoms with van der Waals surface area (Å²) in [5.74, 6) is 0. The van der Waals surface area contributed by atoms with Crippen LogP contribution in [0.4, 0.5) is 4.79 Å². The number of urea groups is 1. The SMILES string of the molecule is CSc1ccc(CN(C)C(=O)NCCCOC(C)C)cc1. The molecule has 1 aromatic rings. The lowest BCUT2D eigenvalue weighted by Crippen LogP contribution is -2.37. The summed E-state index contributed by atoms with van der Waals surface area (Å²) in [6.45, 7) is 5.95. The van der Waals surface area contributed by atoms with Crippen molar-refractivity contribution in [3.63, 3.8) is 0 Å². The van der Waals surface area contributed by atoms with E-state index in [9.17, 15) is 4.79 Å². The van der Waals surface area contributed by atoms with Crippen LogP contribution < -0.4 is 5.32 Å². The molecular formula is C16H26N2O2S. The van der Waals surface area contributed by atoms with E-state index in [0.29, 0.717) is 19.7 Å². The lowest BCUT2D eigenvalue weighted by molar-refractivity contribution is 0.0772. The molecule has 0 aliphatic heterocycles. The highest BCUT2D eigenvalue weighted by Crippen LogP contribution is 2.15. The second-order valence-electron chi connectivity index (χ2n) is 5.21. The van der Waals surface area contributed by atoms with E-state index in [0.717, 1.165) is 12.0 Å². The Morgan fingerprint density at radius 2 is 2.00 bits per heavy atom. The van der Waals surface area contributed by atoms with Crippen LogP contribution in [0.25, 0.3) is 0 Å². The number of thioether (sulfide) groups is 1.